The highest BCUT2D eigenvalue weighted by molar-refractivity contribution is 5.98. The van der Waals surface area contributed by atoms with Gasteiger partial charge in [0.25, 0.3) is 0 Å². The van der Waals surface area contributed by atoms with Gasteiger partial charge in [-0.3, -0.25) is 0 Å². The molecule has 0 spiro atoms. The van der Waals surface area contributed by atoms with Crippen LogP contribution in [0, 0.1) is 12.7 Å². The van der Waals surface area contributed by atoms with Crippen molar-refractivity contribution >= 4 is 16.9 Å². The molecular formula is C25H24FIN4O. The first-order valence-electron chi connectivity index (χ1n) is 10.5. The number of hydrogen-bond donors (Lipinski definition) is 1. The normalized spacial score (nSPS) is 13.3. The molecule has 0 unspecified atom stereocenters. The molecule has 2 amide bonds. The molecule has 4 aromatic rings. The third-order valence-corrected chi connectivity index (χ3v) is 5.91. The van der Waals surface area contributed by atoms with Crippen LogP contribution >= 0.6 is 0 Å². The summed E-state index contributed by atoms with van der Waals surface area (Å²) in [7, 11) is 0. The van der Waals surface area contributed by atoms with Crippen molar-refractivity contribution in [3.05, 3.63) is 84.6 Å². The van der Waals surface area contributed by atoms with Gasteiger partial charge < -0.3 is 38.8 Å². The number of carbonyl (C=O) groups excluding carboxylic acids is 1. The predicted octanol–water partition coefficient (Wildman–Crippen LogP) is 1.06. The van der Waals surface area contributed by atoms with E-state index in [0.717, 1.165) is 47.4 Å². The van der Waals surface area contributed by atoms with Crippen LogP contribution in [0.15, 0.2) is 73.2 Å². The number of nitrogens with one attached hydrogen (secondary N) is 1. The molecule has 0 atom stereocenters. The second-order valence-corrected chi connectivity index (χ2v) is 7.90. The van der Waals surface area contributed by atoms with Crippen molar-refractivity contribution in [1.29, 1.82) is 0 Å². The third kappa shape index (κ3) is 4.21. The molecule has 0 saturated carbocycles. The molecule has 164 valence electrons. The summed E-state index contributed by atoms with van der Waals surface area (Å²) >= 11 is 0. The van der Waals surface area contributed by atoms with Crippen LogP contribution in [0.5, 0.6) is 0 Å². The number of pyridine rings is 1. The highest BCUT2D eigenvalue weighted by atomic mass is 127. The fourth-order valence-electron chi connectivity index (χ4n) is 4.24. The number of urea groups is 1. The largest absolute Gasteiger partial charge is 1.00 e. The Morgan fingerprint density at radius 1 is 1.06 bits per heavy atom. The Kier molecular flexibility index (Phi) is 6.45. The molecule has 7 heteroatoms. The van der Waals surface area contributed by atoms with E-state index in [2.05, 4.69) is 57.9 Å². The fourth-order valence-corrected chi connectivity index (χ4v) is 4.24. The zero-order chi connectivity index (χ0) is 21.4. The van der Waals surface area contributed by atoms with Gasteiger partial charge >= 0.3 is 6.03 Å². The number of fused-ring (bicyclic) bond motifs is 1. The van der Waals surface area contributed by atoms with E-state index in [1.165, 1.54) is 17.7 Å². The van der Waals surface area contributed by atoms with Crippen LogP contribution in [0.4, 0.5) is 9.18 Å². The number of halogens is 2. The Hall–Kier alpha value is -2.94. The quantitative estimate of drug-likeness (QED) is 0.298. The molecule has 1 saturated heterocycles. The summed E-state index contributed by atoms with van der Waals surface area (Å²) in [6.07, 6.45) is 6.22. The maximum Gasteiger partial charge on any atom is 0.317 e. The summed E-state index contributed by atoms with van der Waals surface area (Å²) in [5.74, 6) is -0.234. The average molecular weight is 542 g/mol. The lowest BCUT2D eigenvalue weighted by atomic mass is 10.0. The molecule has 1 aliphatic heterocycles. The number of benzene rings is 2. The van der Waals surface area contributed by atoms with Crippen molar-refractivity contribution in [3.63, 3.8) is 0 Å². The topological polar surface area (TPSA) is 41.1 Å². The Morgan fingerprint density at radius 3 is 2.50 bits per heavy atom. The van der Waals surface area contributed by atoms with Crippen molar-refractivity contribution in [3.8, 4) is 16.8 Å². The number of rotatable bonds is 5. The summed E-state index contributed by atoms with van der Waals surface area (Å²) in [6, 6.07) is 17.1. The highest BCUT2D eigenvalue weighted by Crippen LogP contribution is 2.34. The van der Waals surface area contributed by atoms with Gasteiger partial charge in [0.05, 0.1) is 17.7 Å². The molecule has 2 aromatic carbocycles. The monoisotopic (exact) mass is 542 g/mol. The number of carbonyl (C=O) groups is 1. The standard InChI is InChI=1S/C25H23FN4O.HI/c1-18-3-2-4-22-23(19-5-7-20(26)8-6-19)17-30(24(18)22)21-9-12-28(13-10-21)15-16-29-14-11-27-25(29)31;/h2-10,12-13,17H,11,14-16H2,1H3;1H. The maximum atomic E-state index is 13.4. The van der Waals surface area contributed by atoms with Gasteiger partial charge in [-0.05, 0) is 30.2 Å². The molecule has 1 aliphatic rings. The Bertz CT molecular complexity index is 1250. The molecular weight excluding hydrogens is 518 g/mol. The van der Waals surface area contributed by atoms with Crippen LogP contribution in [-0.4, -0.2) is 35.1 Å². The minimum absolute atomic E-state index is 0. The van der Waals surface area contributed by atoms with Crippen LogP contribution in [0.2, 0.25) is 0 Å². The van der Waals surface area contributed by atoms with Crippen LogP contribution in [-0.2, 0) is 6.54 Å². The van der Waals surface area contributed by atoms with Gasteiger partial charge in [0.15, 0.2) is 18.9 Å². The van der Waals surface area contributed by atoms with Crippen LogP contribution in [0.25, 0.3) is 27.7 Å². The van der Waals surface area contributed by atoms with E-state index in [-0.39, 0.29) is 35.8 Å². The van der Waals surface area contributed by atoms with E-state index in [1.807, 2.05) is 29.4 Å². The summed E-state index contributed by atoms with van der Waals surface area (Å²) in [6.45, 7) is 5.03. The molecule has 5 rings (SSSR count). The van der Waals surface area contributed by atoms with Gasteiger partial charge in [-0.25, -0.2) is 13.8 Å². The molecule has 5 nitrogen and oxygen atoms in total. The van der Waals surface area contributed by atoms with Gasteiger partial charge in [0.1, 0.15) is 5.82 Å². The Morgan fingerprint density at radius 2 is 1.81 bits per heavy atom. The number of amides is 2. The number of aromatic nitrogens is 2. The smallest absolute Gasteiger partial charge is 0.317 e. The zero-order valence-corrected chi connectivity index (χ0v) is 19.9. The number of hydrogen-bond acceptors (Lipinski definition) is 1. The van der Waals surface area contributed by atoms with Gasteiger partial charge in [0, 0.05) is 42.4 Å². The fraction of sp³-hybridized carbons (Fsp3) is 0.200. The Balaban J connectivity index is 0.00000245. The summed E-state index contributed by atoms with van der Waals surface area (Å²) in [4.78, 5) is 13.5. The summed E-state index contributed by atoms with van der Waals surface area (Å²) in [5.41, 5.74) is 5.46. The van der Waals surface area contributed by atoms with E-state index < -0.39 is 0 Å². The molecule has 1 N–H and O–H groups in total. The second-order valence-electron chi connectivity index (χ2n) is 7.90. The van der Waals surface area contributed by atoms with Crippen LogP contribution < -0.4 is 33.9 Å². The van der Waals surface area contributed by atoms with Crippen LogP contribution in [0.3, 0.4) is 0 Å². The first-order valence-corrected chi connectivity index (χ1v) is 10.5. The lowest BCUT2D eigenvalue weighted by Crippen LogP contribution is -3.00. The van der Waals surface area contributed by atoms with E-state index in [1.54, 1.807) is 0 Å². The van der Waals surface area contributed by atoms with Crippen molar-refractivity contribution in [2.75, 3.05) is 19.6 Å². The van der Waals surface area contributed by atoms with E-state index >= 15 is 0 Å². The van der Waals surface area contributed by atoms with Crippen molar-refractivity contribution < 1.29 is 37.7 Å². The molecule has 3 heterocycles. The SMILES string of the molecule is Cc1cccc2c(-c3ccc(F)cc3)cn(-c3cc[n+](CCN4CCNC4=O)cc3)c12.[I-]. The number of para-hydroxylation sites is 1. The zero-order valence-electron chi connectivity index (χ0n) is 17.8. The first kappa shape index (κ1) is 22.3. The number of aryl methyl sites for hydroxylation is 1. The second kappa shape index (κ2) is 9.28. The van der Waals surface area contributed by atoms with E-state index in [4.69, 9.17) is 0 Å². The number of nitrogens with zero attached hydrogens (tertiary/aromatic N) is 3. The Labute approximate surface area is 203 Å². The van der Waals surface area contributed by atoms with Gasteiger partial charge in [-0.1, -0.05) is 30.3 Å². The van der Waals surface area contributed by atoms with E-state index in [9.17, 15) is 9.18 Å². The highest BCUT2D eigenvalue weighted by Gasteiger charge is 2.20. The molecule has 0 bridgehead atoms. The van der Waals surface area contributed by atoms with Crippen LogP contribution in [0.1, 0.15) is 5.56 Å². The average Bonchev–Trinajstić information content (AvgIpc) is 3.38. The lowest BCUT2D eigenvalue weighted by molar-refractivity contribution is -0.696. The van der Waals surface area contributed by atoms with E-state index in [0.29, 0.717) is 6.54 Å². The maximum absolute atomic E-state index is 13.4. The lowest BCUT2D eigenvalue weighted by Gasteiger charge is -2.11. The molecule has 0 radical (unpaired) electrons. The van der Waals surface area contributed by atoms with Gasteiger partial charge in [0.2, 0.25) is 0 Å². The first-order chi connectivity index (χ1) is 15.1. The van der Waals surface area contributed by atoms with Gasteiger partial charge in [-0.2, -0.15) is 0 Å². The predicted molar refractivity (Wildman–Crippen MR) is 119 cm³/mol. The molecule has 0 aliphatic carbocycles. The van der Waals surface area contributed by atoms with Crippen molar-refractivity contribution in [1.82, 2.24) is 14.8 Å². The molecule has 1 fully saturated rings. The third-order valence-electron chi connectivity index (χ3n) is 5.91. The minimum atomic E-state index is -0.234. The summed E-state index contributed by atoms with van der Waals surface area (Å²) in [5, 5.41) is 3.97. The van der Waals surface area contributed by atoms with Gasteiger partial charge in [-0.15, -0.1) is 0 Å². The minimum Gasteiger partial charge on any atom is -1.00 e. The molecule has 2 aromatic heterocycles. The summed E-state index contributed by atoms with van der Waals surface area (Å²) < 4.78 is 17.7. The molecule has 32 heavy (non-hydrogen) atoms. The van der Waals surface area contributed by atoms with Crippen molar-refractivity contribution in [2.24, 2.45) is 0 Å². The van der Waals surface area contributed by atoms with Crippen molar-refractivity contribution in [2.45, 2.75) is 13.5 Å².